The maximum atomic E-state index is 10.1. The first kappa shape index (κ1) is 8.55. The number of aromatic amines is 1. The SMILES string of the molecule is O=C([O-])COc1ccc2[nH]ncc2c1. The highest BCUT2D eigenvalue weighted by Gasteiger charge is 1.98. The van der Waals surface area contributed by atoms with E-state index in [9.17, 15) is 9.90 Å². The molecule has 1 aromatic carbocycles. The number of carbonyl (C=O) groups excluding carboxylic acids is 1. The molecule has 0 amide bonds. The third-order valence-electron chi connectivity index (χ3n) is 1.77. The van der Waals surface area contributed by atoms with Crippen LogP contribution in [-0.4, -0.2) is 22.8 Å². The number of fused-ring (bicyclic) bond motifs is 1. The minimum atomic E-state index is -1.24. The zero-order valence-corrected chi connectivity index (χ0v) is 7.19. The van der Waals surface area contributed by atoms with E-state index >= 15 is 0 Å². The summed E-state index contributed by atoms with van der Waals surface area (Å²) in [4.78, 5) is 10.1. The number of ether oxygens (including phenoxy) is 1. The summed E-state index contributed by atoms with van der Waals surface area (Å²) in [7, 11) is 0. The Kier molecular flexibility index (Phi) is 2.06. The standard InChI is InChI=1S/C9H8N2O3/c12-9(13)5-14-7-1-2-8-6(3-7)4-10-11-8/h1-4H,5H2,(H,10,11)(H,12,13)/p-1. The molecule has 0 aliphatic heterocycles. The van der Waals surface area contributed by atoms with Crippen LogP contribution in [0.2, 0.25) is 0 Å². The number of H-pyrrole nitrogens is 1. The summed E-state index contributed by atoms with van der Waals surface area (Å²) in [6, 6.07) is 5.15. The summed E-state index contributed by atoms with van der Waals surface area (Å²) < 4.78 is 4.94. The fourth-order valence-electron chi connectivity index (χ4n) is 1.15. The number of hydrogen-bond donors (Lipinski definition) is 1. The molecular formula is C9H7N2O3-. The summed E-state index contributed by atoms with van der Waals surface area (Å²) in [5.74, 6) is -0.750. The highest BCUT2D eigenvalue weighted by Crippen LogP contribution is 2.18. The van der Waals surface area contributed by atoms with E-state index < -0.39 is 12.6 Å². The lowest BCUT2D eigenvalue weighted by Gasteiger charge is -2.05. The molecule has 2 rings (SSSR count). The van der Waals surface area contributed by atoms with E-state index in [0.29, 0.717) is 5.75 Å². The van der Waals surface area contributed by atoms with Crippen molar-refractivity contribution in [2.24, 2.45) is 0 Å². The Morgan fingerprint density at radius 3 is 3.21 bits per heavy atom. The number of aromatic nitrogens is 2. The van der Waals surface area contributed by atoms with Crippen molar-refractivity contribution in [2.45, 2.75) is 0 Å². The first-order chi connectivity index (χ1) is 6.75. The number of nitrogens with one attached hydrogen (secondary N) is 1. The summed E-state index contributed by atoms with van der Waals surface area (Å²) in [6.07, 6.45) is 1.64. The van der Waals surface area contributed by atoms with Gasteiger partial charge in [-0.25, -0.2) is 0 Å². The molecule has 0 unspecified atom stereocenters. The van der Waals surface area contributed by atoms with Crippen molar-refractivity contribution in [2.75, 3.05) is 6.61 Å². The van der Waals surface area contributed by atoms with E-state index in [1.54, 1.807) is 24.4 Å². The maximum absolute atomic E-state index is 10.1. The van der Waals surface area contributed by atoms with Crippen LogP contribution in [-0.2, 0) is 4.79 Å². The van der Waals surface area contributed by atoms with Gasteiger partial charge in [-0.05, 0) is 18.2 Å². The van der Waals surface area contributed by atoms with E-state index in [1.807, 2.05) is 0 Å². The number of hydrogen-bond acceptors (Lipinski definition) is 4. The lowest BCUT2D eigenvalue weighted by atomic mass is 10.2. The molecule has 0 saturated carbocycles. The molecule has 1 N–H and O–H groups in total. The molecule has 0 saturated heterocycles. The van der Waals surface area contributed by atoms with Crippen molar-refractivity contribution < 1.29 is 14.6 Å². The second-order valence-electron chi connectivity index (χ2n) is 2.78. The predicted molar refractivity (Wildman–Crippen MR) is 46.6 cm³/mol. The summed E-state index contributed by atoms with van der Waals surface area (Å²) >= 11 is 0. The third kappa shape index (κ3) is 1.66. The smallest absolute Gasteiger partial charge is 0.128 e. The summed E-state index contributed by atoms with van der Waals surface area (Å²) in [6.45, 7) is -0.441. The Balaban J connectivity index is 2.21. The summed E-state index contributed by atoms with van der Waals surface area (Å²) in [5, 5.41) is 17.6. The Morgan fingerprint density at radius 1 is 1.57 bits per heavy atom. The molecule has 0 aliphatic rings. The van der Waals surface area contributed by atoms with Crippen molar-refractivity contribution in [1.82, 2.24) is 10.2 Å². The van der Waals surface area contributed by atoms with Gasteiger partial charge in [-0.15, -0.1) is 0 Å². The Hall–Kier alpha value is -2.04. The van der Waals surface area contributed by atoms with Gasteiger partial charge in [0.2, 0.25) is 0 Å². The van der Waals surface area contributed by atoms with Crippen molar-refractivity contribution in [3.05, 3.63) is 24.4 Å². The van der Waals surface area contributed by atoms with Gasteiger partial charge >= 0.3 is 0 Å². The van der Waals surface area contributed by atoms with Crippen molar-refractivity contribution >= 4 is 16.9 Å². The van der Waals surface area contributed by atoms with Gasteiger partial charge < -0.3 is 14.6 Å². The quantitative estimate of drug-likeness (QED) is 0.721. The number of carboxylic acid groups (broad SMARTS) is 1. The summed E-state index contributed by atoms with van der Waals surface area (Å²) in [5.41, 5.74) is 0.880. The van der Waals surface area contributed by atoms with Gasteiger partial charge in [-0.1, -0.05) is 0 Å². The molecule has 0 radical (unpaired) electrons. The molecule has 2 aromatic rings. The van der Waals surface area contributed by atoms with Crippen LogP contribution in [0, 0.1) is 0 Å². The second-order valence-corrected chi connectivity index (χ2v) is 2.78. The van der Waals surface area contributed by atoms with Gasteiger partial charge in [-0.3, -0.25) is 5.10 Å². The first-order valence-corrected chi connectivity index (χ1v) is 4.01. The zero-order valence-electron chi connectivity index (χ0n) is 7.19. The third-order valence-corrected chi connectivity index (χ3v) is 1.77. The molecule has 1 heterocycles. The average Bonchev–Trinajstić information content (AvgIpc) is 2.61. The number of rotatable bonds is 3. The van der Waals surface area contributed by atoms with Crippen LogP contribution in [0.25, 0.3) is 10.9 Å². The lowest BCUT2D eigenvalue weighted by molar-refractivity contribution is -0.307. The van der Waals surface area contributed by atoms with Crippen molar-refractivity contribution in [3.8, 4) is 5.75 Å². The fraction of sp³-hybridized carbons (Fsp3) is 0.111. The number of benzene rings is 1. The van der Waals surface area contributed by atoms with Crippen LogP contribution in [0.15, 0.2) is 24.4 Å². The minimum absolute atomic E-state index is 0.441. The monoisotopic (exact) mass is 191 g/mol. The van der Waals surface area contributed by atoms with Crippen LogP contribution in [0.1, 0.15) is 0 Å². The van der Waals surface area contributed by atoms with Gasteiger partial charge in [0.05, 0.1) is 17.7 Å². The first-order valence-electron chi connectivity index (χ1n) is 4.01. The zero-order chi connectivity index (χ0) is 9.97. The Labute approximate surface area is 79.3 Å². The van der Waals surface area contributed by atoms with E-state index in [2.05, 4.69) is 10.2 Å². The normalized spacial score (nSPS) is 10.3. The molecular weight excluding hydrogens is 184 g/mol. The molecule has 72 valence electrons. The highest BCUT2D eigenvalue weighted by molar-refractivity contribution is 5.79. The predicted octanol–water partition coefficient (Wildman–Crippen LogP) is -0.308. The number of aliphatic carboxylic acids is 1. The highest BCUT2D eigenvalue weighted by atomic mass is 16.5. The molecule has 0 aliphatic carbocycles. The fourth-order valence-corrected chi connectivity index (χ4v) is 1.15. The van der Waals surface area contributed by atoms with E-state index in [-0.39, 0.29) is 0 Å². The van der Waals surface area contributed by atoms with Crippen molar-refractivity contribution in [1.29, 1.82) is 0 Å². The molecule has 0 bridgehead atoms. The Morgan fingerprint density at radius 2 is 2.43 bits per heavy atom. The average molecular weight is 191 g/mol. The van der Waals surface area contributed by atoms with Gasteiger partial charge in [0.1, 0.15) is 12.4 Å². The second kappa shape index (κ2) is 3.37. The van der Waals surface area contributed by atoms with E-state index in [0.717, 1.165) is 10.9 Å². The molecule has 5 nitrogen and oxygen atoms in total. The lowest BCUT2D eigenvalue weighted by Crippen LogP contribution is -2.28. The van der Waals surface area contributed by atoms with Crippen LogP contribution in [0.4, 0.5) is 0 Å². The largest absolute Gasteiger partial charge is 0.546 e. The van der Waals surface area contributed by atoms with Gasteiger partial charge in [0.25, 0.3) is 0 Å². The molecule has 0 spiro atoms. The number of carbonyl (C=O) groups is 1. The number of nitrogens with zero attached hydrogens (tertiary/aromatic N) is 1. The van der Waals surface area contributed by atoms with Crippen LogP contribution in [0.5, 0.6) is 5.75 Å². The van der Waals surface area contributed by atoms with Crippen LogP contribution < -0.4 is 9.84 Å². The Bertz CT molecular complexity index is 464. The van der Waals surface area contributed by atoms with E-state index in [4.69, 9.17) is 4.74 Å². The molecule has 5 heteroatoms. The van der Waals surface area contributed by atoms with Crippen LogP contribution in [0.3, 0.4) is 0 Å². The van der Waals surface area contributed by atoms with Gasteiger partial charge in [0.15, 0.2) is 0 Å². The minimum Gasteiger partial charge on any atom is -0.546 e. The van der Waals surface area contributed by atoms with E-state index in [1.165, 1.54) is 0 Å². The molecule has 1 aromatic heterocycles. The van der Waals surface area contributed by atoms with Gasteiger partial charge in [0, 0.05) is 5.39 Å². The topological polar surface area (TPSA) is 78.0 Å². The molecule has 0 atom stereocenters. The van der Waals surface area contributed by atoms with Crippen LogP contribution >= 0.6 is 0 Å². The number of carboxylic acids is 1. The van der Waals surface area contributed by atoms with Gasteiger partial charge in [-0.2, -0.15) is 5.10 Å². The molecule has 0 fully saturated rings. The maximum Gasteiger partial charge on any atom is 0.128 e. The molecule has 14 heavy (non-hydrogen) atoms. The van der Waals surface area contributed by atoms with Crippen molar-refractivity contribution in [3.63, 3.8) is 0 Å².